The minimum Gasteiger partial charge on any atom is -0.444 e. The van der Waals surface area contributed by atoms with Crippen LogP contribution in [0.2, 0.25) is 0 Å². The van der Waals surface area contributed by atoms with Crippen LogP contribution >= 0.6 is 0 Å². The number of H-pyrrole nitrogens is 1. The van der Waals surface area contributed by atoms with Crippen molar-refractivity contribution >= 4 is 29.3 Å². The van der Waals surface area contributed by atoms with Crippen molar-refractivity contribution in [1.29, 1.82) is 0 Å². The van der Waals surface area contributed by atoms with Crippen LogP contribution in [0.15, 0.2) is 23.0 Å². The second-order valence-corrected chi connectivity index (χ2v) is 8.92. The van der Waals surface area contributed by atoms with Crippen LogP contribution in [0.25, 0.3) is 0 Å². The highest BCUT2D eigenvalue weighted by molar-refractivity contribution is 5.97. The van der Waals surface area contributed by atoms with Crippen molar-refractivity contribution in [2.75, 3.05) is 41.8 Å². The molecule has 1 aliphatic heterocycles. The number of ether oxygens (including phenoxy) is 2. The Hall–Kier alpha value is -3.47. The predicted octanol–water partition coefficient (Wildman–Crippen LogP) is 2.97. The third-order valence-electron chi connectivity index (χ3n) is 5.01. The summed E-state index contributed by atoms with van der Waals surface area (Å²) in [6.45, 7) is 9.27. The van der Waals surface area contributed by atoms with Crippen LogP contribution in [0, 0.1) is 12.7 Å². The first-order chi connectivity index (χ1) is 16.0. The summed E-state index contributed by atoms with van der Waals surface area (Å²) in [5.41, 5.74) is 0.190. The minimum atomic E-state index is -0.733. The number of carbonyl (C=O) groups excluding carboxylic acids is 2. The normalized spacial score (nSPS) is 14.0. The molecule has 10 nitrogen and oxygen atoms in total. The van der Waals surface area contributed by atoms with Crippen molar-refractivity contribution in [3.8, 4) is 0 Å². The quantitative estimate of drug-likeness (QED) is 0.586. The maximum absolute atomic E-state index is 13.8. The Labute approximate surface area is 196 Å². The molecule has 0 radical (unpaired) electrons. The molecule has 0 unspecified atom stereocenters. The Morgan fingerprint density at radius 2 is 1.91 bits per heavy atom. The molecule has 0 bridgehead atoms. The van der Waals surface area contributed by atoms with Crippen LogP contribution in [-0.2, 0) is 20.7 Å². The summed E-state index contributed by atoms with van der Waals surface area (Å²) in [5.74, 6) is -0.550. The smallest absolute Gasteiger partial charge is 0.412 e. The number of amides is 2. The second-order valence-electron chi connectivity index (χ2n) is 8.92. The molecule has 184 valence electrons. The van der Waals surface area contributed by atoms with Crippen molar-refractivity contribution in [2.24, 2.45) is 0 Å². The maximum atomic E-state index is 13.8. The van der Waals surface area contributed by atoms with E-state index >= 15 is 0 Å². The summed E-state index contributed by atoms with van der Waals surface area (Å²) < 4.78 is 24.3. The van der Waals surface area contributed by atoms with Crippen molar-refractivity contribution in [2.45, 2.75) is 46.1 Å². The highest BCUT2D eigenvalue weighted by Crippen LogP contribution is 2.24. The number of hydrogen-bond donors (Lipinski definition) is 3. The van der Waals surface area contributed by atoms with Crippen LogP contribution in [0.4, 0.5) is 26.5 Å². The van der Waals surface area contributed by atoms with E-state index in [0.29, 0.717) is 43.5 Å². The predicted molar refractivity (Wildman–Crippen MR) is 126 cm³/mol. The van der Waals surface area contributed by atoms with E-state index in [2.05, 4.69) is 20.6 Å². The van der Waals surface area contributed by atoms with Gasteiger partial charge in [0.1, 0.15) is 11.4 Å². The fourth-order valence-electron chi connectivity index (χ4n) is 3.41. The van der Waals surface area contributed by atoms with Gasteiger partial charge in [-0.15, -0.1) is 0 Å². The largest absolute Gasteiger partial charge is 0.444 e. The summed E-state index contributed by atoms with van der Waals surface area (Å²) in [7, 11) is 0. The number of halogens is 1. The monoisotopic (exact) mass is 475 g/mol. The van der Waals surface area contributed by atoms with Crippen molar-refractivity contribution in [1.82, 2.24) is 9.97 Å². The van der Waals surface area contributed by atoms with Crippen LogP contribution in [0.1, 0.15) is 38.4 Å². The van der Waals surface area contributed by atoms with E-state index in [1.54, 1.807) is 27.7 Å². The van der Waals surface area contributed by atoms with Crippen molar-refractivity contribution in [3.05, 3.63) is 45.6 Å². The lowest BCUT2D eigenvalue weighted by molar-refractivity contribution is -0.116. The number of aromatic nitrogens is 2. The van der Waals surface area contributed by atoms with E-state index in [-0.39, 0.29) is 29.8 Å². The van der Waals surface area contributed by atoms with Crippen LogP contribution in [0.5, 0.6) is 0 Å². The molecule has 1 aliphatic rings. The van der Waals surface area contributed by atoms with Gasteiger partial charge in [-0.3, -0.25) is 19.9 Å². The number of benzene rings is 1. The van der Waals surface area contributed by atoms with Gasteiger partial charge in [0.25, 0.3) is 5.56 Å². The van der Waals surface area contributed by atoms with E-state index in [1.165, 1.54) is 6.07 Å². The third kappa shape index (κ3) is 7.01. The van der Waals surface area contributed by atoms with Gasteiger partial charge in [0.05, 0.1) is 24.6 Å². The molecule has 1 aromatic heterocycles. The SMILES string of the molecule is Cc1nc(N2CCOCC2)[nH]c(=O)c1CCC(=O)Nc1cc(F)ccc1NC(=O)OC(C)(C)C. The molecule has 0 aliphatic carbocycles. The molecule has 0 saturated carbocycles. The molecule has 1 aromatic carbocycles. The fourth-order valence-corrected chi connectivity index (χ4v) is 3.41. The zero-order valence-electron chi connectivity index (χ0n) is 19.8. The highest BCUT2D eigenvalue weighted by atomic mass is 19.1. The van der Waals surface area contributed by atoms with Crippen molar-refractivity contribution in [3.63, 3.8) is 0 Å². The number of hydrogen-bond acceptors (Lipinski definition) is 7. The van der Waals surface area contributed by atoms with E-state index < -0.39 is 23.4 Å². The number of rotatable bonds is 6. The van der Waals surface area contributed by atoms with Crippen molar-refractivity contribution < 1.29 is 23.5 Å². The van der Waals surface area contributed by atoms with E-state index in [1.807, 2.05) is 4.90 Å². The lowest BCUT2D eigenvalue weighted by Gasteiger charge is -2.27. The molecule has 34 heavy (non-hydrogen) atoms. The zero-order chi connectivity index (χ0) is 24.9. The molecule has 1 saturated heterocycles. The van der Waals surface area contributed by atoms with Gasteiger partial charge in [0, 0.05) is 30.8 Å². The van der Waals surface area contributed by atoms with Gasteiger partial charge in [-0.05, 0) is 52.3 Å². The summed E-state index contributed by atoms with van der Waals surface area (Å²) in [6, 6.07) is 3.59. The lowest BCUT2D eigenvalue weighted by atomic mass is 10.1. The molecule has 3 rings (SSSR count). The van der Waals surface area contributed by atoms with Crippen LogP contribution in [-0.4, -0.2) is 53.9 Å². The molecule has 3 N–H and O–H groups in total. The van der Waals surface area contributed by atoms with Gasteiger partial charge in [0.15, 0.2) is 0 Å². The molecule has 0 spiro atoms. The maximum Gasteiger partial charge on any atom is 0.412 e. The number of morpholine rings is 1. The van der Waals surface area contributed by atoms with Gasteiger partial charge in [-0.2, -0.15) is 0 Å². The van der Waals surface area contributed by atoms with Gasteiger partial charge in [-0.25, -0.2) is 14.2 Å². The second kappa shape index (κ2) is 10.6. The minimum absolute atomic E-state index is 0.0368. The number of carbonyl (C=O) groups is 2. The Kier molecular flexibility index (Phi) is 7.87. The highest BCUT2D eigenvalue weighted by Gasteiger charge is 2.19. The molecule has 2 heterocycles. The Balaban J connectivity index is 1.65. The average molecular weight is 476 g/mol. The number of nitrogens with zero attached hydrogens (tertiary/aromatic N) is 2. The number of anilines is 3. The Morgan fingerprint density at radius 1 is 1.21 bits per heavy atom. The molecule has 0 atom stereocenters. The first-order valence-electron chi connectivity index (χ1n) is 11.0. The summed E-state index contributed by atoms with van der Waals surface area (Å²) in [4.78, 5) is 46.5. The summed E-state index contributed by atoms with van der Waals surface area (Å²) in [5, 5.41) is 5.10. The molecule has 2 aromatic rings. The summed E-state index contributed by atoms with van der Waals surface area (Å²) >= 11 is 0. The van der Waals surface area contributed by atoms with E-state index in [4.69, 9.17) is 9.47 Å². The first kappa shape index (κ1) is 25.2. The molecular weight excluding hydrogens is 445 g/mol. The number of aromatic amines is 1. The summed E-state index contributed by atoms with van der Waals surface area (Å²) in [6.07, 6.45) is -0.624. The molecule has 1 fully saturated rings. The lowest BCUT2D eigenvalue weighted by Crippen LogP contribution is -2.38. The zero-order valence-corrected chi connectivity index (χ0v) is 19.8. The topological polar surface area (TPSA) is 126 Å². The van der Waals surface area contributed by atoms with Crippen LogP contribution in [0.3, 0.4) is 0 Å². The number of nitrogens with one attached hydrogen (secondary N) is 3. The molecular formula is C23H30FN5O5. The molecule has 11 heteroatoms. The Bertz CT molecular complexity index is 1110. The molecule has 2 amide bonds. The standard InChI is InChI=1S/C23H30FN5O5/c1-14-16(20(31)28-21(25-14)29-9-11-33-12-10-29)6-8-19(30)26-18-13-15(24)5-7-17(18)27-22(32)34-23(2,3)4/h5,7,13H,6,8-12H2,1-4H3,(H,26,30)(H,27,32)(H,25,28,31). The van der Waals surface area contributed by atoms with Gasteiger partial charge < -0.3 is 19.7 Å². The first-order valence-corrected chi connectivity index (χ1v) is 11.0. The van der Waals surface area contributed by atoms with E-state index in [0.717, 1.165) is 12.1 Å². The van der Waals surface area contributed by atoms with Crippen LogP contribution < -0.4 is 21.1 Å². The van der Waals surface area contributed by atoms with Gasteiger partial charge >= 0.3 is 6.09 Å². The average Bonchev–Trinajstić information content (AvgIpc) is 2.74. The van der Waals surface area contributed by atoms with Gasteiger partial charge in [0.2, 0.25) is 11.9 Å². The van der Waals surface area contributed by atoms with Gasteiger partial charge in [-0.1, -0.05) is 0 Å². The number of aryl methyl sites for hydroxylation is 1. The van der Waals surface area contributed by atoms with E-state index in [9.17, 15) is 18.8 Å². The Morgan fingerprint density at radius 3 is 2.56 bits per heavy atom. The fraction of sp³-hybridized carbons (Fsp3) is 0.478. The third-order valence-corrected chi connectivity index (χ3v) is 5.01.